The quantitative estimate of drug-likeness (QED) is 0.786. The molecule has 1 aliphatic rings. The summed E-state index contributed by atoms with van der Waals surface area (Å²) >= 11 is 0. The summed E-state index contributed by atoms with van der Waals surface area (Å²) in [6.45, 7) is 6.08. The molecule has 0 bridgehead atoms. The van der Waals surface area contributed by atoms with Gasteiger partial charge in [0, 0.05) is 5.41 Å². The third-order valence-corrected chi connectivity index (χ3v) is 4.26. The molecule has 1 fully saturated rings. The first-order valence-electron chi connectivity index (χ1n) is 6.61. The van der Waals surface area contributed by atoms with E-state index in [1.807, 2.05) is 26.0 Å². The van der Waals surface area contributed by atoms with Gasteiger partial charge in [-0.05, 0) is 43.9 Å². The lowest BCUT2D eigenvalue weighted by atomic mass is 9.87. The predicted octanol–water partition coefficient (Wildman–Crippen LogP) is 3.40. The Morgan fingerprint density at radius 3 is 2.50 bits per heavy atom. The standard InChI is InChI=1S/C15H22N2O/c1-10-6-7-12(16)13(11(10)2)17-14(18)15(3)8-4-5-9-15/h6-7H,4-5,8-9,16H2,1-3H3,(H,17,18). The molecule has 1 aromatic rings. The highest BCUT2D eigenvalue weighted by atomic mass is 16.2. The second-order valence-electron chi connectivity index (χ2n) is 5.69. The molecule has 0 aliphatic heterocycles. The minimum absolute atomic E-state index is 0.111. The zero-order valence-corrected chi connectivity index (χ0v) is 11.5. The summed E-state index contributed by atoms with van der Waals surface area (Å²) in [6, 6.07) is 3.84. The molecule has 0 heterocycles. The fourth-order valence-electron chi connectivity index (χ4n) is 2.65. The minimum atomic E-state index is -0.220. The molecule has 2 rings (SSSR count). The lowest BCUT2D eigenvalue weighted by molar-refractivity contribution is -0.124. The first-order chi connectivity index (χ1) is 8.44. The van der Waals surface area contributed by atoms with Crippen LogP contribution in [0.5, 0.6) is 0 Å². The van der Waals surface area contributed by atoms with Gasteiger partial charge in [0.05, 0.1) is 11.4 Å². The Morgan fingerprint density at radius 2 is 1.89 bits per heavy atom. The van der Waals surface area contributed by atoms with Crippen LogP contribution in [0.2, 0.25) is 0 Å². The van der Waals surface area contributed by atoms with E-state index >= 15 is 0 Å². The molecule has 0 atom stereocenters. The van der Waals surface area contributed by atoms with E-state index in [-0.39, 0.29) is 11.3 Å². The predicted molar refractivity (Wildman–Crippen MR) is 75.5 cm³/mol. The molecular formula is C15H22N2O. The molecule has 1 amide bonds. The fourth-order valence-corrected chi connectivity index (χ4v) is 2.65. The van der Waals surface area contributed by atoms with Gasteiger partial charge in [0.2, 0.25) is 5.91 Å². The van der Waals surface area contributed by atoms with Gasteiger partial charge in [0.15, 0.2) is 0 Å². The van der Waals surface area contributed by atoms with Gasteiger partial charge in [0.1, 0.15) is 0 Å². The Balaban J connectivity index is 2.24. The van der Waals surface area contributed by atoms with Crippen LogP contribution >= 0.6 is 0 Å². The molecule has 18 heavy (non-hydrogen) atoms. The Bertz CT molecular complexity index is 474. The molecule has 3 N–H and O–H groups in total. The molecule has 3 heteroatoms. The van der Waals surface area contributed by atoms with Gasteiger partial charge in [-0.1, -0.05) is 25.8 Å². The van der Waals surface area contributed by atoms with Crippen LogP contribution in [0, 0.1) is 19.3 Å². The number of benzene rings is 1. The summed E-state index contributed by atoms with van der Waals surface area (Å²) in [5, 5.41) is 3.04. The van der Waals surface area contributed by atoms with Gasteiger partial charge in [-0.2, -0.15) is 0 Å². The maximum absolute atomic E-state index is 12.4. The molecule has 1 aliphatic carbocycles. The molecule has 1 aromatic carbocycles. The van der Waals surface area contributed by atoms with Crippen LogP contribution < -0.4 is 11.1 Å². The summed E-state index contributed by atoms with van der Waals surface area (Å²) < 4.78 is 0. The van der Waals surface area contributed by atoms with Gasteiger partial charge >= 0.3 is 0 Å². The van der Waals surface area contributed by atoms with E-state index in [2.05, 4.69) is 12.2 Å². The largest absolute Gasteiger partial charge is 0.397 e. The SMILES string of the molecule is Cc1ccc(N)c(NC(=O)C2(C)CCCC2)c1C. The van der Waals surface area contributed by atoms with Crippen molar-refractivity contribution in [3.63, 3.8) is 0 Å². The number of anilines is 2. The van der Waals surface area contributed by atoms with Crippen molar-refractivity contribution in [2.24, 2.45) is 5.41 Å². The van der Waals surface area contributed by atoms with Crippen LogP contribution in [0.1, 0.15) is 43.7 Å². The van der Waals surface area contributed by atoms with Crippen molar-refractivity contribution >= 4 is 17.3 Å². The summed E-state index contributed by atoms with van der Waals surface area (Å²) in [5.74, 6) is 0.111. The minimum Gasteiger partial charge on any atom is -0.397 e. The van der Waals surface area contributed by atoms with Crippen molar-refractivity contribution in [1.29, 1.82) is 0 Å². The lowest BCUT2D eigenvalue weighted by Gasteiger charge is -2.24. The molecule has 0 saturated heterocycles. The number of nitrogen functional groups attached to an aromatic ring is 1. The van der Waals surface area contributed by atoms with E-state index in [1.54, 1.807) is 0 Å². The third kappa shape index (κ3) is 2.22. The Labute approximate surface area is 109 Å². The average molecular weight is 246 g/mol. The normalized spacial score (nSPS) is 17.7. The summed E-state index contributed by atoms with van der Waals surface area (Å²) in [5.41, 5.74) is 9.39. The van der Waals surface area contributed by atoms with Crippen LogP contribution in [-0.4, -0.2) is 5.91 Å². The molecule has 0 spiro atoms. The van der Waals surface area contributed by atoms with Crippen LogP contribution in [0.3, 0.4) is 0 Å². The highest BCUT2D eigenvalue weighted by Crippen LogP contribution is 2.39. The average Bonchev–Trinajstić information content (AvgIpc) is 2.78. The first kappa shape index (κ1) is 12.9. The molecule has 98 valence electrons. The van der Waals surface area contributed by atoms with Gasteiger partial charge < -0.3 is 11.1 Å². The molecule has 0 aromatic heterocycles. The zero-order valence-electron chi connectivity index (χ0n) is 11.5. The number of nitrogens with two attached hydrogens (primary N) is 1. The summed E-state index contributed by atoms with van der Waals surface area (Å²) in [4.78, 5) is 12.4. The fraction of sp³-hybridized carbons (Fsp3) is 0.533. The third-order valence-electron chi connectivity index (χ3n) is 4.26. The van der Waals surface area contributed by atoms with E-state index in [9.17, 15) is 4.79 Å². The van der Waals surface area contributed by atoms with Crippen LogP contribution in [0.15, 0.2) is 12.1 Å². The van der Waals surface area contributed by atoms with Gasteiger partial charge in [-0.25, -0.2) is 0 Å². The number of amides is 1. The van der Waals surface area contributed by atoms with Crippen molar-refractivity contribution in [2.75, 3.05) is 11.1 Å². The van der Waals surface area contributed by atoms with Crippen molar-refractivity contribution in [1.82, 2.24) is 0 Å². The maximum atomic E-state index is 12.4. The van der Waals surface area contributed by atoms with E-state index in [0.29, 0.717) is 5.69 Å². The van der Waals surface area contributed by atoms with Gasteiger partial charge in [-0.3, -0.25) is 4.79 Å². The monoisotopic (exact) mass is 246 g/mol. The highest BCUT2D eigenvalue weighted by molar-refractivity contribution is 5.98. The van der Waals surface area contributed by atoms with Crippen LogP contribution in [0.25, 0.3) is 0 Å². The molecule has 0 radical (unpaired) electrons. The molecule has 1 saturated carbocycles. The van der Waals surface area contributed by atoms with Gasteiger partial charge in [0.25, 0.3) is 0 Å². The number of hydrogen-bond acceptors (Lipinski definition) is 2. The number of carbonyl (C=O) groups excluding carboxylic acids is 1. The number of hydrogen-bond donors (Lipinski definition) is 2. The maximum Gasteiger partial charge on any atom is 0.230 e. The molecule has 3 nitrogen and oxygen atoms in total. The number of nitrogens with one attached hydrogen (secondary N) is 1. The number of carbonyl (C=O) groups is 1. The number of aryl methyl sites for hydroxylation is 1. The van der Waals surface area contributed by atoms with Crippen molar-refractivity contribution in [2.45, 2.75) is 46.5 Å². The first-order valence-corrected chi connectivity index (χ1v) is 6.61. The van der Waals surface area contributed by atoms with E-state index in [0.717, 1.165) is 42.5 Å². The van der Waals surface area contributed by atoms with E-state index in [1.165, 1.54) is 0 Å². The zero-order chi connectivity index (χ0) is 13.3. The lowest BCUT2D eigenvalue weighted by Crippen LogP contribution is -2.31. The van der Waals surface area contributed by atoms with E-state index in [4.69, 9.17) is 5.73 Å². The van der Waals surface area contributed by atoms with Crippen LogP contribution in [0.4, 0.5) is 11.4 Å². The van der Waals surface area contributed by atoms with Crippen molar-refractivity contribution in [3.8, 4) is 0 Å². The Morgan fingerprint density at radius 1 is 1.28 bits per heavy atom. The molecule has 0 unspecified atom stereocenters. The van der Waals surface area contributed by atoms with E-state index < -0.39 is 0 Å². The number of rotatable bonds is 2. The smallest absolute Gasteiger partial charge is 0.230 e. The second kappa shape index (κ2) is 4.63. The second-order valence-corrected chi connectivity index (χ2v) is 5.69. The van der Waals surface area contributed by atoms with Gasteiger partial charge in [-0.15, -0.1) is 0 Å². The summed E-state index contributed by atoms with van der Waals surface area (Å²) in [6.07, 6.45) is 4.24. The summed E-state index contributed by atoms with van der Waals surface area (Å²) in [7, 11) is 0. The van der Waals surface area contributed by atoms with Crippen molar-refractivity contribution in [3.05, 3.63) is 23.3 Å². The Kier molecular flexibility index (Phi) is 3.33. The Hall–Kier alpha value is -1.51. The highest BCUT2D eigenvalue weighted by Gasteiger charge is 2.36. The topological polar surface area (TPSA) is 55.1 Å². The van der Waals surface area contributed by atoms with Crippen molar-refractivity contribution < 1.29 is 4.79 Å². The van der Waals surface area contributed by atoms with Crippen LogP contribution in [-0.2, 0) is 4.79 Å². The molecular weight excluding hydrogens is 224 g/mol.